The zero-order valence-corrected chi connectivity index (χ0v) is 10.6. The van der Waals surface area contributed by atoms with Gasteiger partial charge >= 0.3 is 0 Å². The molecule has 1 heterocycles. The van der Waals surface area contributed by atoms with Crippen LogP contribution in [0.25, 0.3) is 0 Å². The summed E-state index contributed by atoms with van der Waals surface area (Å²) in [4.78, 5) is 4.29. The predicted octanol–water partition coefficient (Wildman–Crippen LogP) is 3.36. The van der Waals surface area contributed by atoms with Gasteiger partial charge in [0.15, 0.2) is 0 Å². The normalized spacial score (nSPS) is 16.3. The maximum absolute atomic E-state index is 5.89. The van der Waals surface area contributed by atoms with E-state index in [-0.39, 0.29) is 0 Å². The van der Waals surface area contributed by atoms with Crippen LogP contribution in [0, 0.1) is 0 Å². The number of hydrogen-bond donors (Lipinski definition) is 1. The molecule has 17 heavy (non-hydrogen) atoms. The Morgan fingerprint density at radius 1 is 1.41 bits per heavy atom. The minimum absolute atomic E-state index is 0.482. The number of hydrogen-bond acceptors (Lipinski definition) is 3. The number of aromatic nitrogens is 1. The second kappa shape index (κ2) is 6.60. The molecule has 0 saturated heterocycles. The lowest BCUT2D eigenvalue weighted by molar-refractivity contribution is 0.0457. The maximum atomic E-state index is 5.89. The summed E-state index contributed by atoms with van der Waals surface area (Å²) in [6.45, 7) is 3.84. The summed E-state index contributed by atoms with van der Waals surface area (Å²) in [6, 6.07) is 4.12. The largest absolute Gasteiger partial charge is 0.374 e. The van der Waals surface area contributed by atoms with Gasteiger partial charge in [-0.15, -0.1) is 0 Å². The number of rotatable bonds is 6. The van der Waals surface area contributed by atoms with Gasteiger partial charge in [0.05, 0.1) is 12.7 Å². The van der Waals surface area contributed by atoms with Crippen LogP contribution >= 0.6 is 0 Å². The topological polar surface area (TPSA) is 34.1 Å². The Morgan fingerprint density at radius 3 is 3.00 bits per heavy atom. The average Bonchev–Trinajstić information content (AvgIpc) is 2.87. The second-order valence-corrected chi connectivity index (χ2v) is 4.69. The van der Waals surface area contributed by atoms with Gasteiger partial charge in [-0.25, -0.2) is 4.98 Å². The van der Waals surface area contributed by atoms with Crippen molar-refractivity contribution in [2.24, 2.45) is 0 Å². The fourth-order valence-corrected chi connectivity index (χ4v) is 2.18. The molecule has 1 N–H and O–H groups in total. The third-order valence-corrected chi connectivity index (χ3v) is 3.17. The quantitative estimate of drug-likeness (QED) is 0.819. The Balaban J connectivity index is 1.82. The predicted molar refractivity (Wildman–Crippen MR) is 70.1 cm³/mol. The summed E-state index contributed by atoms with van der Waals surface area (Å²) in [5.41, 5.74) is 1.21. The van der Waals surface area contributed by atoms with E-state index in [1.54, 1.807) is 0 Å². The average molecular weight is 234 g/mol. The van der Waals surface area contributed by atoms with Crippen molar-refractivity contribution in [3.05, 3.63) is 23.9 Å². The van der Waals surface area contributed by atoms with E-state index in [0.717, 1.165) is 18.8 Å². The van der Waals surface area contributed by atoms with Gasteiger partial charge in [-0.1, -0.05) is 19.8 Å². The van der Waals surface area contributed by atoms with Crippen LogP contribution in [0.3, 0.4) is 0 Å². The van der Waals surface area contributed by atoms with Crippen molar-refractivity contribution in [2.45, 2.75) is 51.7 Å². The Labute approximate surface area is 104 Å². The maximum Gasteiger partial charge on any atom is 0.126 e. The van der Waals surface area contributed by atoms with Gasteiger partial charge in [-0.2, -0.15) is 0 Å². The molecule has 3 heteroatoms. The number of pyridine rings is 1. The van der Waals surface area contributed by atoms with Crippen molar-refractivity contribution in [3.63, 3.8) is 0 Å². The van der Waals surface area contributed by atoms with Crippen LogP contribution in [-0.2, 0) is 11.3 Å². The molecular formula is C14H22N2O. The summed E-state index contributed by atoms with van der Waals surface area (Å²) in [6.07, 6.45) is 8.55. The van der Waals surface area contributed by atoms with E-state index in [1.807, 2.05) is 12.3 Å². The monoisotopic (exact) mass is 234 g/mol. The fourth-order valence-electron chi connectivity index (χ4n) is 2.18. The van der Waals surface area contributed by atoms with E-state index in [4.69, 9.17) is 4.74 Å². The Kier molecular flexibility index (Phi) is 4.80. The lowest BCUT2D eigenvalue weighted by Crippen LogP contribution is -2.08. The number of anilines is 1. The molecule has 1 aromatic heterocycles. The van der Waals surface area contributed by atoms with E-state index >= 15 is 0 Å². The van der Waals surface area contributed by atoms with Crippen LogP contribution in [0.1, 0.15) is 44.6 Å². The molecule has 1 aromatic rings. The molecule has 1 aliphatic carbocycles. The highest BCUT2D eigenvalue weighted by Crippen LogP contribution is 2.22. The lowest BCUT2D eigenvalue weighted by Gasteiger charge is -2.11. The van der Waals surface area contributed by atoms with E-state index in [2.05, 4.69) is 23.3 Å². The van der Waals surface area contributed by atoms with Crippen LogP contribution in [0.4, 0.5) is 5.82 Å². The molecule has 1 aliphatic rings. The molecular weight excluding hydrogens is 212 g/mol. The molecule has 94 valence electrons. The first kappa shape index (κ1) is 12.4. The molecule has 0 aromatic carbocycles. The van der Waals surface area contributed by atoms with Gasteiger partial charge in [-0.3, -0.25) is 0 Å². The highest BCUT2D eigenvalue weighted by atomic mass is 16.5. The van der Waals surface area contributed by atoms with Crippen LogP contribution in [0.5, 0.6) is 0 Å². The minimum Gasteiger partial charge on any atom is -0.374 e. The van der Waals surface area contributed by atoms with E-state index in [0.29, 0.717) is 12.7 Å². The molecule has 0 aliphatic heterocycles. The van der Waals surface area contributed by atoms with Gasteiger partial charge in [0.2, 0.25) is 0 Å². The molecule has 3 nitrogen and oxygen atoms in total. The van der Waals surface area contributed by atoms with Gasteiger partial charge in [0.25, 0.3) is 0 Å². The molecule has 0 unspecified atom stereocenters. The summed E-state index contributed by atoms with van der Waals surface area (Å²) in [5.74, 6) is 0.958. The molecule has 2 rings (SSSR count). The van der Waals surface area contributed by atoms with E-state index in [9.17, 15) is 0 Å². The van der Waals surface area contributed by atoms with Gasteiger partial charge in [0.1, 0.15) is 5.82 Å². The van der Waals surface area contributed by atoms with Crippen molar-refractivity contribution in [1.82, 2.24) is 4.98 Å². The van der Waals surface area contributed by atoms with E-state index in [1.165, 1.54) is 31.2 Å². The first-order valence-corrected chi connectivity index (χ1v) is 6.69. The van der Waals surface area contributed by atoms with Gasteiger partial charge < -0.3 is 10.1 Å². The highest BCUT2D eigenvalue weighted by Gasteiger charge is 2.15. The molecule has 0 atom stereocenters. The Hall–Kier alpha value is -1.09. The zero-order valence-electron chi connectivity index (χ0n) is 10.6. The van der Waals surface area contributed by atoms with Crippen molar-refractivity contribution >= 4 is 5.82 Å². The van der Waals surface area contributed by atoms with Crippen molar-refractivity contribution in [2.75, 3.05) is 11.9 Å². The van der Waals surface area contributed by atoms with Crippen molar-refractivity contribution in [3.8, 4) is 0 Å². The third kappa shape index (κ3) is 4.00. The molecule has 0 radical (unpaired) electrons. The summed E-state index contributed by atoms with van der Waals surface area (Å²) in [5, 5.41) is 3.30. The smallest absolute Gasteiger partial charge is 0.126 e. The fraction of sp³-hybridized carbons (Fsp3) is 0.643. The molecule has 0 amide bonds. The van der Waals surface area contributed by atoms with E-state index < -0.39 is 0 Å². The highest BCUT2D eigenvalue weighted by molar-refractivity contribution is 5.37. The molecule has 0 spiro atoms. The standard InChI is InChI=1S/C14H22N2O/c1-2-8-15-14-10-12(7-9-16-14)11-17-13-5-3-4-6-13/h7,9-10,13H,2-6,8,11H2,1H3,(H,15,16). The van der Waals surface area contributed by atoms with Crippen molar-refractivity contribution < 1.29 is 4.74 Å². The van der Waals surface area contributed by atoms with Crippen LogP contribution in [0.15, 0.2) is 18.3 Å². The zero-order chi connectivity index (χ0) is 11.9. The minimum atomic E-state index is 0.482. The number of ether oxygens (including phenoxy) is 1. The molecule has 0 bridgehead atoms. The second-order valence-electron chi connectivity index (χ2n) is 4.69. The lowest BCUT2D eigenvalue weighted by atomic mass is 10.2. The van der Waals surface area contributed by atoms with Crippen LogP contribution in [-0.4, -0.2) is 17.6 Å². The van der Waals surface area contributed by atoms with Crippen molar-refractivity contribution in [1.29, 1.82) is 0 Å². The number of nitrogens with one attached hydrogen (secondary N) is 1. The first-order chi connectivity index (χ1) is 8.38. The summed E-state index contributed by atoms with van der Waals surface area (Å²) in [7, 11) is 0. The van der Waals surface area contributed by atoms with Crippen LogP contribution < -0.4 is 5.32 Å². The van der Waals surface area contributed by atoms with Gasteiger partial charge in [-0.05, 0) is 37.0 Å². The summed E-state index contributed by atoms with van der Waals surface area (Å²) >= 11 is 0. The number of nitrogens with zero attached hydrogens (tertiary/aromatic N) is 1. The summed E-state index contributed by atoms with van der Waals surface area (Å²) < 4.78 is 5.89. The molecule has 1 saturated carbocycles. The molecule has 1 fully saturated rings. The first-order valence-electron chi connectivity index (χ1n) is 6.69. The Morgan fingerprint density at radius 2 is 2.24 bits per heavy atom. The van der Waals surface area contributed by atoms with Gasteiger partial charge in [0, 0.05) is 12.7 Å². The third-order valence-electron chi connectivity index (χ3n) is 3.17. The SMILES string of the molecule is CCCNc1cc(COC2CCCC2)ccn1. The van der Waals surface area contributed by atoms with Crippen LogP contribution in [0.2, 0.25) is 0 Å². The Bertz CT molecular complexity index is 335.